The Balaban J connectivity index is 1.68. The Morgan fingerprint density at radius 2 is 2.07 bits per heavy atom. The number of anilines is 1. The third-order valence-corrected chi connectivity index (χ3v) is 6.75. The van der Waals surface area contributed by atoms with Crippen molar-refractivity contribution in [1.82, 2.24) is 4.90 Å². The largest absolute Gasteiger partial charge is 0.435 e. The van der Waals surface area contributed by atoms with Gasteiger partial charge in [0, 0.05) is 24.9 Å². The van der Waals surface area contributed by atoms with Crippen LogP contribution in [-0.4, -0.2) is 61.8 Å². The van der Waals surface area contributed by atoms with Crippen molar-refractivity contribution in [3.05, 3.63) is 24.3 Å². The van der Waals surface area contributed by atoms with E-state index in [9.17, 15) is 17.2 Å². The lowest BCUT2D eigenvalue weighted by Crippen LogP contribution is -2.47. The topological polar surface area (TPSA) is 67.9 Å². The molecule has 2 aliphatic rings. The lowest BCUT2D eigenvalue weighted by Gasteiger charge is -2.33. The first-order chi connectivity index (χ1) is 12.8. The number of thiocarbonyl (C=S) groups is 1. The number of nitrogens with zero attached hydrogens (tertiary/aromatic N) is 1. The van der Waals surface area contributed by atoms with Gasteiger partial charge in [-0.15, -0.1) is 0 Å². The lowest BCUT2D eigenvalue weighted by molar-refractivity contribution is -0.0498. The molecule has 3 rings (SSSR count). The summed E-state index contributed by atoms with van der Waals surface area (Å²) in [6, 6.07) is 5.81. The highest BCUT2D eigenvalue weighted by Crippen LogP contribution is 2.23. The molecule has 1 aromatic carbocycles. The molecule has 150 valence electrons. The summed E-state index contributed by atoms with van der Waals surface area (Å²) in [6.07, 6.45) is 2.44. The van der Waals surface area contributed by atoms with Gasteiger partial charge >= 0.3 is 6.61 Å². The van der Waals surface area contributed by atoms with Crippen molar-refractivity contribution in [3.63, 3.8) is 0 Å². The van der Waals surface area contributed by atoms with Gasteiger partial charge in [0.05, 0.1) is 17.6 Å². The Kier molecular flexibility index (Phi) is 6.48. The van der Waals surface area contributed by atoms with Gasteiger partial charge < -0.3 is 19.7 Å². The molecule has 2 fully saturated rings. The Morgan fingerprint density at radius 3 is 2.63 bits per heavy atom. The minimum Gasteiger partial charge on any atom is -0.435 e. The average Bonchev–Trinajstić information content (AvgIpc) is 3.23. The molecule has 0 saturated carbocycles. The predicted molar refractivity (Wildman–Crippen MR) is 102 cm³/mol. The minimum absolute atomic E-state index is 0.0230. The van der Waals surface area contributed by atoms with Crippen LogP contribution in [0.1, 0.15) is 19.3 Å². The van der Waals surface area contributed by atoms with Crippen LogP contribution in [0, 0.1) is 0 Å². The fourth-order valence-electron chi connectivity index (χ4n) is 3.34. The van der Waals surface area contributed by atoms with Crippen LogP contribution in [0.2, 0.25) is 0 Å². The fraction of sp³-hybridized carbons (Fsp3) is 0.588. The summed E-state index contributed by atoms with van der Waals surface area (Å²) < 4.78 is 58.3. The molecule has 0 aromatic heterocycles. The molecule has 2 atom stereocenters. The van der Waals surface area contributed by atoms with Crippen LogP contribution in [0.15, 0.2) is 24.3 Å². The van der Waals surface area contributed by atoms with E-state index in [0.29, 0.717) is 30.4 Å². The molecule has 2 aliphatic heterocycles. The quantitative estimate of drug-likeness (QED) is 0.710. The van der Waals surface area contributed by atoms with Crippen LogP contribution in [0.25, 0.3) is 0 Å². The normalized spacial score (nSPS) is 24.1. The van der Waals surface area contributed by atoms with E-state index in [0.717, 1.165) is 12.8 Å². The highest BCUT2D eigenvalue weighted by Gasteiger charge is 2.35. The zero-order valence-corrected chi connectivity index (χ0v) is 16.3. The first-order valence-corrected chi connectivity index (χ1v) is 11.0. The second kappa shape index (κ2) is 8.66. The third kappa shape index (κ3) is 5.73. The summed E-state index contributed by atoms with van der Waals surface area (Å²) >= 11 is 5.52. The van der Waals surface area contributed by atoms with Crippen LogP contribution in [-0.2, 0) is 14.6 Å². The highest BCUT2D eigenvalue weighted by atomic mass is 32.2. The van der Waals surface area contributed by atoms with Crippen molar-refractivity contribution >= 4 is 32.9 Å². The SMILES string of the molecule is O=S1(=O)CC[C@H](N(C[C@H]2CCCO2)C(=S)Nc2ccc(OC(F)F)cc2)C1. The summed E-state index contributed by atoms with van der Waals surface area (Å²) in [6.45, 7) is -1.65. The molecule has 6 nitrogen and oxygen atoms in total. The average molecular weight is 421 g/mol. The Morgan fingerprint density at radius 1 is 1.33 bits per heavy atom. The molecule has 1 aromatic rings. The summed E-state index contributed by atoms with van der Waals surface area (Å²) in [5, 5.41) is 3.46. The van der Waals surface area contributed by atoms with Crippen LogP contribution < -0.4 is 10.1 Å². The van der Waals surface area contributed by atoms with Gasteiger partial charge in [0.1, 0.15) is 5.75 Å². The number of halogens is 2. The first-order valence-electron chi connectivity index (χ1n) is 8.77. The maximum Gasteiger partial charge on any atom is 0.387 e. The summed E-state index contributed by atoms with van der Waals surface area (Å²) in [7, 11) is -3.06. The Labute approximate surface area is 162 Å². The highest BCUT2D eigenvalue weighted by molar-refractivity contribution is 7.91. The number of hydrogen-bond donors (Lipinski definition) is 1. The number of nitrogens with one attached hydrogen (secondary N) is 1. The van der Waals surface area contributed by atoms with Crippen LogP contribution in [0.3, 0.4) is 0 Å². The molecule has 10 heteroatoms. The van der Waals surface area contributed by atoms with E-state index in [1.807, 2.05) is 4.90 Å². The second-order valence-electron chi connectivity index (χ2n) is 6.68. The fourth-order valence-corrected chi connectivity index (χ4v) is 5.41. The molecular weight excluding hydrogens is 398 g/mol. The molecule has 2 saturated heterocycles. The monoisotopic (exact) mass is 420 g/mol. The van der Waals surface area contributed by atoms with E-state index >= 15 is 0 Å². The van der Waals surface area contributed by atoms with E-state index in [4.69, 9.17) is 17.0 Å². The van der Waals surface area contributed by atoms with E-state index in [2.05, 4.69) is 10.1 Å². The van der Waals surface area contributed by atoms with Gasteiger partial charge in [-0.05, 0) is 55.7 Å². The van der Waals surface area contributed by atoms with Crippen molar-refractivity contribution in [3.8, 4) is 5.75 Å². The van der Waals surface area contributed by atoms with Crippen LogP contribution in [0.4, 0.5) is 14.5 Å². The van der Waals surface area contributed by atoms with Crippen molar-refractivity contribution < 1.29 is 26.7 Å². The lowest BCUT2D eigenvalue weighted by atomic mass is 10.2. The van der Waals surface area contributed by atoms with Gasteiger partial charge in [0.15, 0.2) is 14.9 Å². The molecule has 0 spiro atoms. The molecule has 27 heavy (non-hydrogen) atoms. The molecule has 0 amide bonds. The number of hydrogen-bond acceptors (Lipinski definition) is 5. The summed E-state index contributed by atoms with van der Waals surface area (Å²) in [5.74, 6) is 0.282. The third-order valence-electron chi connectivity index (χ3n) is 4.67. The molecule has 0 unspecified atom stereocenters. The van der Waals surface area contributed by atoms with Crippen molar-refractivity contribution in [2.24, 2.45) is 0 Å². The van der Waals surface area contributed by atoms with E-state index < -0.39 is 16.4 Å². The van der Waals surface area contributed by atoms with Crippen molar-refractivity contribution in [2.45, 2.75) is 38.0 Å². The number of alkyl halides is 2. The molecule has 0 bridgehead atoms. The molecule has 0 radical (unpaired) electrons. The second-order valence-corrected chi connectivity index (χ2v) is 9.29. The zero-order valence-electron chi connectivity index (χ0n) is 14.6. The number of rotatable bonds is 6. The number of ether oxygens (including phenoxy) is 2. The van der Waals surface area contributed by atoms with Gasteiger partial charge in [-0.2, -0.15) is 8.78 Å². The number of sulfone groups is 1. The van der Waals surface area contributed by atoms with E-state index in [-0.39, 0.29) is 29.4 Å². The Hall–Kier alpha value is -1.52. The summed E-state index contributed by atoms with van der Waals surface area (Å²) in [5.41, 5.74) is 0.611. The van der Waals surface area contributed by atoms with Gasteiger partial charge in [-0.3, -0.25) is 0 Å². The van der Waals surface area contributed by atoms with Crippen LogP contribution in [0.5, 0.6) is 5.75 Å². The van der Waals surface area contributed by atoms with Gasteiger partial charge in [-0.25, -0.2) is 8.42 Å². The minimum atomic E-state index is -3.06. The Bertz CT molecular complexity index is 753. The van der Waals surface area contributed by atoms with Crippen LogP contribution >= 0.6 is 12.2 Å². The zero-order chi connectivity index (χ0) is 19.4. The van der Waals surface area contributed by atoms with Crippen molar-refractivity contribution in [1.29, 1.82) is 0 Å². The van der Waals surface area contributed by atoms with Gasteiger partial charge in [-0.1, -0.05) is 0 Å². The smallest absolute Gasteiger partial charge is 0.387 e. The van der Waals surface area contributed by atoms with Crippen molar-refractivity contribution in [2.75, 3.05) is 30.0 Å². The molecule has 2 heterocycles. The predicted octanol–water partition coefficient (Wildman–Crippen LogP) is 2.65. The standard InChI is InChI=1S/C17H22F2N2O4S2/c18-16(19)25-14-5-3-12(4-6-14)20-17(26)21(10-15-2-1-8-24-15)13-7-9-27(22,23)11-13/h3-6,13,15-16H,1-2,7-11H2,(H,20,26)/t13-,15+/m0/s1. The first kappa shape index (κ1) is 20.2. The molecule has 0 aliphatic carbocycles. The van der Waals surface area contributed by atoms with Gasteiger partial charge in [0.2, 0.25) is 0 Å². The van der Waals surface area contributed by atoms with E-state index in [1.54, 1.807) is 12.1 Å². The number of benzene rings is 1. The molecular formula is C17H22F2N2O4S2. The van der Waals surface area contributed by atoms with E-state index in [1.165, 1.54) is 12.1 Å². The maximum absolute atomic E-state index is 12.2. The maximum atomic E-state index is 12.2. The molecule has 1 N–H and O–H groups in total. The summed E-state index contributed by atoms with van der Waals surface area (Å²) in [4.78, 5) is 1.89. The van der Waals surface area contributed by atoms with Gasteiger partial charge in [0.25, 0.3) is 0 Å².